The highest BCUT2D eigenvalue weighted by molar-refractivity contribution is 5.83. The summed E-state index contributed by atoms with van der Waals surface area (Å²) in [5.41, 5.74) is 5.63. The molecule has 0 aromatic heterocycles. The fourth-order valence-electron chi connectivity index (χ4n) is 3.77. The summed E-state index contributed by atoms with van der Waals surface area (Å²) in [5.74, 6) is 0.734. The van der Waals surface area contributed by atoms with Crippen LogP contribution in [0.1, 0.15) is 51.4 Å². The molecule has 0 heterocycles. The number of ether oxygens (including phenoxy) is 1. The molecule has 2 aliphatic carbocycles. The van der Waals surface area contributed by atoms with Crippen molar-refractivity contribution in [2.24, 2.45) is 17.1 Å². The van der Waals surface area contributed by atoms with Crippen molar-refractivity contribution >= 4 is 5.91 Å². The second kappa shape index (κ2) is 6.71. The number of rotatable bonds is 6. The highest BCUT2D eigenvalue weighted by atomic mass is 16.5. The average molecular weight is 268 g/mol. The minimum atomic E-state index is -0.169. The Balaban J connectivity index is 1.95. The van der Waals surface area contributed by atoms with Crippen LogP contribution >= 0.6 is 0 Å². The fraction of sp³-hybridized carbons (Fsp3) is 0.933. The molecular formula is C15H28N2O2. The van der Waals surface area contributed by atoms with Crippen molar-refractivity contribution in [3.05, 3.63) is 0 Å². The molecule has 4 nitrogen and oxygen atoms in total. The molecule has 2 aliphatic rings. The summed E-state index contributed by atoms with van der Waals surface area (Å²) >= 11 is 0. The van der Waals surface area contributed by atoms with Gasteiger partial charge in [-0.2, -0.15) is 0 Å². The van der Waals surface area contributed by atoms with Crippen molar-refractivity contribution in [2.45, 2.75) is 57.4 Å². The molecular weight excluding hydrogens is 240 g/mol. The number of carbonyl (C=O) groups is 1. The molecule has 2 rings (SSSR count). The average Bonchev–Trinajstić information content (AvgIpc) is 3.05. The minimum absolute atomic E-state index is 0.169. The standard InChI is InChI=1S/C15H28N2O2/c1-19-10-9-15(7-2-3-8-15)14(18)17-13-6-4-5-12(13)11-16/h12-13H,2-11,16H2,1H3,(H,17,18). The molecule has 0 spiro atoms. The molecule has 110 valence electrons. The highest BCUT2D eigenvalue weighted by Gasteiger charge is 2.42. The zero-order chi connectivity index (χ0) is 13.7. The summed E-state index contributed by atoms with van der Waals surface area (Å²) in [7, 11) is 1.71. The van der Waals surface area contributed by atoms with Crippen LogP contribution < -0.4 is 11.1 Å². The van der Waals surface area contributed by atoms with Gasteiger partial charge >= 0.3 is 0 Å². The van der Waals surface area contributed by atoms with Crippen LogP contribution in [0.25, 0.3) is 0 Å². The molecule has 0 aromatic carbocycles. The number of carbonyl (C=O) groups excluding carboxylic acids is 1. The molecule has 0 aromatic rings. The highest BCUT2D eigenvalue weighted by Crippen LogP contribution is 2.42. The van der Waals surface area contributed by atoms with E-state index < -0.39 is 0 Å². The Bertz CT molecular complexity index is 301. The van der Waals surface area contributed by atoms with E-state index in [1.807, 2.05) is 0 Å². The van der Waals surface area contributed by atoms with Gasteiger partial charge in [0.2, 0.25) is 5.91 Å². The van der Waals surface area contributed by atoms with Gasteiger partial charge in [0.15, 0.2) is 0 Å². The van der Waals surface area contributed by atoms with Gasteiger partial charge in [-0.1, -0.05) is 19.3 Å². The van der Waals surface area contributed by atoms with E-state index in [1.54, 1.807) is 7.11 Å². The molecule has 2 saturated carbocycles. The van der Waals surface area contributed by atoms with Gasteiger partial charge in [0.25, 0.3) is 0 Å². The first-order valence-corrected chi connectivity index (χ1v) is 7.72. The third-order valence-electron chi connectivity index (χ3n) is 5.11. The van der Waals surface area contributed by atoms with Crippen molar-refractivity contribution in [2.75, 3.05) is 20.3 Å². The van der Waals surface area contributed by atoms with Gasteiger partial charge < -0.3 is 15.8 Å². The largest absolute Gasteiger partial charge is 0.385 e. The number of nitrogens with two attached hydrogens (primary N) is 1. The normalized spacial score (nSPS) is 29.6. The minimum Gasteiger partial charge on any atom is -0.385 e. The lowest BCUT2D eigenvalue weighted by Crippen LogP contribution is -2.47. The Kier molecular flexibility index (Phi) is 5.22. The van der Waals surface area contributed by atoms with Crippen LogP contribution in [0.3, 0.4) is 0 Å². The quantitative estimate of drug-likeness (QED) is 0.772. The maximum absolute atomic E-state index is 12.7. The van der Waals surface area contributed by atoms with E-state index in [9.17, 15) is 4.79 Å². The van der Waals surface area contributed by atoms with Crippen LogP contribution in [-0.2, 0) is 9.53 Å². The molecule has 0 radical (unpaired) electrons. The monoisotopic (exact) mass is 268 g/mol. The van der Waals surface area contributed by atoms with E-state index >= 15 is 0 Å². The van der Waals surface area contributed by atoms with Crippen LogP contribution in [0, 0.1) is 11.3 Å². The first kappa shape index (κ1) is 14.8. The second-order valence-electron chi connectivity index (χ2n) is 6.24. The summed E-state index contributed by atoms with van der Waals surface area (Å²) < 4.78 is 5.19. The Labute approximate surface area is 116 Å². The Morgan fingerprint density at radius 3 is 2.68 bits per heavy atom. The molecule has 0 bridgehead atoms. The van der Waals surface area contributed by atoms with Gasteiger partial charge in [-0.25, -0.2) is 0 Å². The molecule has 2 atom stereocenters. The predicted molar refractivity (Wildman–Crippen MR) is 75.7 cm³/mol. The molecule has 2 unspecified atom stereocenters. The van der Waals surface area contributed by atoms with E-state index in [0.29, 0.717) is 25.1 Å². The van der Waals surface area contributed by atoms with Crippen molar-refractivity contribution in [1.82, 2.24) is 5.32 Å². The lowest BCUT2D eigenvalue weighted by Gasteiger charge is -2.30. The Morgan fingerprint density at radius 1 is 1.32 bits per heavy atom. The summed E-state index contributed by atoms with van der Waals surface area (Å²) in [6.45, 7) is 1.37. The van der Waals surface area contributed by atoms with Gasteiger partial charge in [0, 0.05) is 19.8 Å². The second-order valence-corrected chi connectivity index (χ2v) is 6.24. The third-order valence-corrected chi connectivity index (χ3v) is 5.11. The van der Waals surface area contributed by atoms with Crippen molar-refractivity contribution in [1.29, 1.82) is 0 Å². The third kappa shape index (κ3) is 3.29. The van der Waals surface area contributed by atoms with Gasteiger partial charge in [-0.3, -0.25) is 4.79 Å². The smallest absolute Gasteiger partial charge is 0.226 e. The molecule has 4 heteroatoms. The lowest BCUT2D eigenvalue weighted by molar-refractivity contribution is -0.132. The molecule has 0 aliphatic heterocycles. The molecule has 3 N–H and O–H groups in total. The zero-order valence-corrected chi connectivity index (χ0v) is 12.1. The summed E-state index contributed by atoms with van der Waals surface area (Å²) in [6.07, 6.45) is 8.67. The number of methoxy groups -OCH3 is 1. The van der Waals surface area contributed by atoms with E-state index in [2.05, 4.69) is 5.32 Å². The van der Waals surface area contributed by atoms with Crippen molar-refractivity contribution < 1.29 is 9.53 Å². The first-order chi connectivity index (χ1) is 9.22. The Morgan fingerprint density at radius 2 is 2.05 bits per heavy atom. The predicted octanol–water partition coefficient (Wildman–Crippen LogP) is 1.83. The van der Waals surface area contributed by atoms with Crippen LogP contribution in [0.5, 0.6) is 0 Å². The van der Waals surface area contributed by atoms with Gasteiger partial charge in [-0.05, 0) is 44.6 Å². The van der Waals surface area contributed by atoms with E-state index in [0.717, 1.165) is 32.1 Å². The SMILES string of the molecule is COCCC1(C(=O)NC2CCCC2CN)CCCC1. The van der Waals surface area contributed by atoms with Crippen LogP contribution in [0.2, 0.25) is 0 Å². The number of hydrogen-bond acceptors (Lipinski definition) is 3. The van der Waals surface area contributed by atoms with E-state index in [4.69, 9.17) is 10.5 Å². The van der Waals surface area contributed by atoms with Crippen LogP contribution in [0.4, 0.5) is 0 Å². The van der Waals surface area contributed by atoms with E-state index in [-0.39, 0.29) is 11.3 Å². The summed E-state index contributed by atoms with van der Waals surface area (Å²) in [4.78, 5) is 12.7. The number of amides is 1. The van der Waals surface area contributed by atoms with Crippen molar-refractivity contribution in [3.8, 4) is 0 Å². The summed E-state index contributed by atoms with van der Waals surface area (Å²) in [5, 5.41) is 3.30. The molecule has 0 saturated heterocycles. The topological polar surface area (TPSA) is 64.3 Å². The zero-order valence-electron chi connectivity index (χ0n) is 12.1. The number of nitrogens with one attached hydrogen (secondary N) is 1. The van der Waals surface area contributed by atoms with Gasteiger partial charge in [-0.15, -0.1) is 0 Å². The Hall–Kier alpha value is -0.610. The first-order valence-electron chi connectivity index (χ1n) is 7.72. The fourth-order valence-corrected chi connectivity index (χ4v) is 3.77. The molecule has 1 amide bonds. The lowest BCUT2D eigenvalue weighted by atomic mass is 9.81. The summed E-state index contributed by atoms with van der Waals surface area (Å²) in [6, 6.07) is 0.303. The van der Waals surface area contributed by atoms with Crippen molar-refractivity contribution in [3.63, 3.8) is 0 Å². The van der Waals surface area contributed by atoms with Crippen LogP contribution in [0.15, 0.2) is 0 Å². The number of hydrogen-bond donors (Lipinski definition) is 2. The van der Waals surface area contributed by atoms with Gasteiger partial charge in [0.05, 0.1) is 5.41 Å². The molecule has 2 fully saturated rings. The van der Waals surface area contributed by atoms with Crippen LogP contribution in [-0.4, -0.2) is 32.2 Å². The van der Waals surface area contributed by atoms with Gasteiger partial charge in [0.1, 0.15) is 0 Å². The maximum Gasteiger partial charge on any atom is 0.226 e. The maximum atomic E-state index is 12.7. The molecule has 19 heavy (non-hydrogen) atoms. The van der Waals surface area contributed by atoms with E-state index in [1.165, 1.54) is 19.3 Å².